The number of carbonyl (C=O) groups is 2. The number of nitrogens with zero attached hydrogens (tertiary/aromatic N) is 1. The van der Waals surface area contributed by atoms with E-state index in [9.17, 15) is 9.59 Å². The molecule has 1 atom stereocenters. The minimum absolute atomic E-state index is 0.000974. The predicted octanol–water partition coefficient (Wildman–Crippen LogP) is 2.93. The number of hydrogen-bond donors (Lipinski definition) is 2. The largest absolute Gasteiger partial charge is 0.354 e. The monoisotopic (exact) mass is 321 g/mol. The van der Waals surface area contributed by atoms with Crippen LogP contribution in [-0.2, 0) is 4.79 Å². The van der Waals surface area contributed by atoms with Gasteiger partial charge in [0.25, 0.3) is 0 Å². The molecule has 5 nitrogen and oxygen atoms in total. The summed E-state index contributed by atoms with van der Waals surface area (Å²) >= 11 is 1.74. The van der Waals surface area contributed by atoms with Crippen molar-refractivity contribution in [3.63, 3.8) is 0 Å². The highest BCUT2D eigenvalue weighted by Crippen LogP contribution is 2.27. The van der Waals surface area contributed by atoms with Gasteiger partial charge in [-0.05, 0) is 31.2 Å². The van der Waals surface area contributed by atoms with Crippen LogP contribution < -0.4 is 10.6 Å². The fourth-order valence-electron chi connectivity index (χ4n) is 2.30. The Morgan fingerprint density at radius 1 is 1.45 bits per heavy atom. The van der Waals surface area contributed by atoms with Crippen LogP contribution in [0.2, 0.25) is 0 Å². The standard InChI is InChI=1S/C16H23N3O2S/c1-3-10-22-14-7-5-4-6-13(14)18-16(21)19-9-8-15(20)17-11-12(19)2/h4-7,12H,3,8-11H2,1-2H3,(H,17,20)(H,18,21)/t12-/m0/s1. The third-order valence-corrected chi connectivity index (χ3v) is 4.84. The summed E-state index contributed by atoms with van der Waals surface area (Å²) in [5.41, 5.74) is 0.835. The number of rotatable bonds is 4. The molecular weight excluding hydrogens is 298 g/mol. The quantitative estimate of drug-likeness (QED) is 0.838. The zero-order valence-electron chi connectivity index (χ0n) is 13.1. The average Bonchev–Trinajstić information content (AvgIpc) is 2.68. The topological polar surface area (TPSA) is 61.4 Å². The Morgan fingerprint density at radius 2 is 2.23 bits per heavy atom. The van der Waals surface area contributed by atoms with E-state index < -0.39 is 0 Å². The second-order valence-electron chi connectivity index (χ2n) is 5.37. The number of anilines is 1. The number of urea groups is 1. The first-order valence-electron chi connectivity index (χ1n) is 7.68. The van der Waals surface area contributed by atoms with Gasteiger partial charge in [0.2, 0.25) is 5.91 Å². The fraction of sp³-hybridized carbons (Fsp3) is 0.500. The van der Waals surface area contributed by atoms with Gasteiger partial charge >= 0.3 is 6.03 Å². The molecule has 0 bridgehead atoms. The van der Waals surface area contributed by atoms with E-state index >= 15 is 0 Å². The summed E-state index contributed by atoms with van der Waals surface area (Å²) in [6, 6.07) is 7.68. The Bertz CT molecular complexity index is 536. The molecule has 0 unspecified atom stereocenters. The predicted molar refractivity (Wildman–Crippen MR) is 90.3 cm³/mol. The number of carbonyl (C=O) groups excluding carboxylic acids is 2. The number of amides is 3. The summed E-state index contributed by atoms with van der Waals surface area (Å²) < 4.78 is 0. The zero-order valence-corrected chi connectivity index (χ0v) is 13.9. The van der Waals surface area contributed by atoms with E-state index in [4.69, 9.17) is 0 Å². The van der Waals surface area contributed by atoms with Crippen LogP contribution in [0.3, 0.4) is 0 Å². The van der Waals surface area contributed by atoms with E-state index in [0.29, 0.717) is 19.5 Å². The van der Waals surface area contributed by atoms with Gasteiger partial charge in [-0.2, -0.15) is 0 Å². The fourth-order valence-corrected chi connectivity index (χ4v) is 3.17. The summed E-state index contributed by atoms with van der Waals surface area (Å²) in [5.74, 6) is 1.02. The van der Waals surface area contributed by atoms with Crippen LogP contribution in [0.5, 0.6) is 0 Å². The van der Waals surface area contributed by atoms with Gasteiger partial charge in [0.15, 0.2) is 0 Å². The molecule has 1 aromatic carbocycles. The molecule has 3 amide bonds. The highest BCUT2D eigenvalue weighted by atomic mass is 32.2. The minimum Gasteiger partial charge on any atom is -0.354 e. The third-order valence-electron chi connectivity index (χ3n) is 3.56. The number of benzene rings is 1. The maximum absolute atomic E-state index is 12.5. The first-order valence-corrected chi connectivity index (χ1v) is 8.66. The van der Waals surface area contributed by atoms with Crippen LogP contribution in [-0.4, -0.2) is 41.7 Å². The van der Waals surface area contributed by atoms with Crippen molar-refractivity contribution in [2.45, 2.75) is 37.6 Å². The van der Waals surface area contributed by atoms with E-state index in [0.717, 1.165) is 22.8 Å². The van der Waals surface area contributed by atoms with Crippen LogP contribution in [0.1, 0.15) is 26.7 Å². The average molecular weight is 321 g/mol. The highest BCUT2D eigenvalue weighted by molar-refractivity contribution is 7.99. The van der Waals surface area contributed by atoms with Crippen molar-refractivity contribution in [3.8, 4) is 0 Å². The number of thioether (sulfide) groups is 1. The molecule has 1 saturated heterocycles. The molecule has 1 aliphatic rings. The molecule has 1 aliphatic heterocycles. The summed E-state index contributed by atoms with van der Waals surface area (Å²) in [7, 11) is 0. The lowest BCUT2D eigenvalue weighted by Gasteiger charge is -2.27. The molecule has 0 radical (unpaired) electrons. The first kappa shape index (κ1) is 16.7. The van der Waals surface area contributed by atoms with Crippen molar-refractivity contribution in [2.24, 2.45) is 0 Å². The number of hydrogen-bond acceptors (Lipinski definition) is 3. The Kier molecular flexibility index (Phi) is 6.12. The minimum atomic E-state index is -0.145. The second kappa shape index (κ2) is 8.08. The maximum Gasteiger partial charge on any atom is 0.322 e. The molecule has 0 aliphatic carbocycles. The first-order chi connectivity index (χ1) is 10.6. The molecule has 120 valence electrons. The summed E-state index contributed by atoms with van der Waals surface area (Å²) in [4.78, 5) is 26.8. The van der Waals surface area contributed by atoms with Crippen molar-refractivity contribution in [2.75, 3.05) is 24.2 Å². The van der Waals surface area contributed by atoms with E-state index in [1.807, 2.05) is 31.2 Å². The van der Waals surface area contributed by atoms with Crippen molar-refractivity contribution < 1.29 is 9.59 Å². The van der Waals surface area contributed by atoms with Crippen molar-refractivity contribution in [3.05, 3.63) is 24.3 Å². The summed E-state index contributed by atoms with van der Waals surface area (Å²) in [6.07, 6.45) is 1.44. The zero-order chi connectivity index (χ0) is 15.9. The molecule has 2 rings (SSSR count). The summed E-state index contributed by atoms with van der Waals surface area (Å²) in [6.45, 7) is 5.03. The van der Waals surface area contributed by atoms with Crippen LogP contribution >= 0.6 is 11.8 Å². The molecule has 0 spiro atoms. The van der Waals surface area contributed by atoms with Gasteiger partial charge in [-0.1, -0.05) is 19.1 Å². The second-order valence-corrected chi connectivity index (χ2v) is 6.51. The molecule has 22 heavy (non-hydrogen) atoms. The highest BCUT2D eigenvalue weighted by Gasteiger charge is 2.24. The van der Waals surface area contributed by atoms with Gasteiger partial charge in [0.05, 0.1) is 5.69 Å². The lowest BCUT2D eigenvalue weighted by Crippen LogP contribution is -2.44. The Morgan fingerprint density at radius 3 is 3.00 bits per heavy atom. The Hall–Kier alpha value is -1.69. The molecule has 6 heteroatoms. The van der Waals surface area contributed by atoms with Gasteiger partial charge in [-0.3, -0.25) is 4.79 Å². The molecule has 0 aromatic heterocycles. The maximum atomic E-state index is 12.5. The summed E-state index contributed by atoms with van der Waals surface area (Å²) in [5, 5.41) is 5.81. The molecule has 0 saturated carbocycles. The molecule has 1 aromatic rings. The lowest BCUT2D eigenvalue weighted by molar-refractivity contribution is -0.120. The number of nitrogens with one attached hydrogen (secondary N) is 2. The molecular formula is C16H23N3O2S. The van der Waals surface area contributed by atoms with Gasteiger partial charge in [-0.15, -0.1) is 11.8 Å². The van der Waals surface area contributed by atoms with E-state index in [-0.39, 0.29) is 18.0 Å². The van der Waals surface area contributed by atoms with E-state index in [1.165, 1.54) is 0 Å². The number of para-hydroxylation sites is 1. The van der Waals surface area contributed by atoms with Gasteiger partial charge in [0.1, 0.15) is 0 Å². The van der Waals surface area contributed by atoms with Crippen LogP contribution in [0.25, 0.3) is 0 Å². The van der Waals surface area contributed by atoms with Crippen molar-refractivity contribution >= 4 is 29.4 Å². The molecule has 2 N–H and O–H groups in total. The Labute approximate surface area is 135 Å². The molecule has 1 fully saturated rings. The van der Waals surface area contributed by atoms with E-state index in [2.05, 4.69) is 17.6 Å². The molecule has 1 heterocycles. The van der Waals surface area contributed by atoms with Crippen molar-refractivity contribution in [1.29, 1.82) is 0 Å². The van der Waals surface area contributed by atoms with Gasteiger partial charge < -0.3 is 15.5 Å². The SMILES string of the molecule is CCCSc1ccccc1NC(=O)N1CCC(=O)NC[C@@H]1C. The Balaban J connectivity index is 2.06. The smallest absolute Gasteiger partial charge is 0.322 e. The van der Waals surface area contributed by atoms with Gasteiger partial charge in [-0.25, -0.2) is 4.79 Å². The third kappa shape index (κ3) is 4.40. The lowest BCUT2D eigenvalue weighted by atomic mass is 10.3. The van der Waals surface area contributed by atoms with Crippen LogP contribution in [0.4, 0.5) is 10.5 Å². The van der Waals surface area contributed by atoms with Crippen LogP contribution in [0, 0.1) is 0 Å². The van der Waals surface area contributed by atoms with Crippen LogP contribution in [0.15, 0.2) is 29.2 Å². The van der Waals surface area contributed by atoms with E-state index in [1.54, 1.807) is 16.7 Å². The van der Waals surface area contributed by atoms with Crippen molar-refractivity contribution in [1.82, 2.24) is 10.2 Å². The van der Waals surface area contributed by atoms with Gasteiger partial charge in [0, 0.05) is 30.4 Å². The normalized spacial score (nSPS) is 18.5.